The van der Waals surface area contributed by atoms with Gasteiger partial charge in [-0.3, -0.25) is 0 Å². The Kier molecular flexibility index (Phi) is 7.03. The average Bonchev–Trinajstić information content (AvgIpc) is 3.64. The molecule has 0 bridgehead atoms. The summed E-state index contributed by atoms with van der Waals surface area (Å²) < 4.78 is 0. The average molecular weight is 698 g/mol. The molecule has 0 atom stereocenters. The number of fused-ring (bicyclic) bond motifs is 13. The van der Waals surface area contributed by atoms with E-state index in [0.29, 0.717) is 5.92 Å². The van der Waals surface area contributed by atoms with Crippen LogP contribution in [-0.4, -0.2) is 8.07 Å². The summed E-state index contributed by atoms with van der Waals surface area (Å²) in [5.74, 6) is 0.482. The normalized spacial score (nSPS) is 13.7. The molecule has 0 saturated carbocycles. The van der Waals surface area contributed by atoms with E-state index in [-0.39, 0.29) is 0 Å². The largest absolute Gasteiger partial charge is 0.310 e. The van der Waals surface area contributed by atoms with E-state index in [9.17, 15) is 0 Å². The van der Waals surface area contributed by atoms with Crippen molar-refractivity contribution in [2.24, 2.45) is 0 Å². The molecule has 8 aromatic rings. The molecule has 0 saturated heterocycles. The zero-order valence-electron chi connectivity index (χ0n) is 31.1. The predicted octanol–water partition coefficient (Wildman–Crippen LogP) is 13.5. The Morgan fingerprint density at radius 1 is 0.453 bits per heavy atom. The molecule has 0 unspecified atom stereocenters. The fraction of sp³-hybridized carbons (Fsp3) is 0.137. The highest BCUT2D eigenvalue weighted by Gasteiger charge is 2.52. The van der Waals surface area contributed by atoms with Crippen LogP contribution in [-0.2, 0) is 5.41 Å². The van der Waals surface area contributed by atoms with Gasteiger partial charge in [-0.1, -0.05) is 154 Å². The second-order valence-electron chi connectivity index (χ2n) is 16.4. The summed E-state index contributed by atoms with van der Waals surface area (Å²) in [5, 5.41) is 6.59. The van der Waals surface area contributed by atoms with Crippen molar-refractivity contribution in [2.75, 3.05) is 4.90 Å². The van der Waals surface area contributed by atoms with E-state index in [1.807, 2.05) is 0 Å². The third-order valence-electron chi connectivity index (χ3n) is 12.0. The van der Waals surface area contributed by atoms with Gasteiger partial charge in [-0.15, -0.1) is 0 Å². The first-order valence-electron chi connectivity index (χ1n) is 19.0. The van der Waals surface area contributed by atoms with Gasteiger partial charge < -0.3 is 4.90 Å². The molecule has 8 aromatic carbocycles. The third-order valence-corrected chi connectivity index (χ3v) is 14.0. The Balaban J connectivity index is 1.23. The van der Waals surface area contributed by atoms with Crippen LogP contribution in [0.3, 0.4) is 0 Å². The molecule has 2 aliphatic rings. The van der Waals surface area contributed by atoms with E-state index in [2.05, 4.69) is 202 Å². The van der Waals surface area contributed by atoms with Gasteiger partial charge in [0.05, 0.1) is 13.5 Å². The Hall–Kier alpha value is -5.70. The SMILES string of the molecule is CC(C)c1ccc(N(c2ccc([Si](C)(C)C)cc2)c2ccc3cc4c(cc3c2)C2(c3ccccc3-c3ccccc32)c2c-4ccc3ccccc23)cc1. The highest BCUT2D eigenvalue weighted by molar-refractivity contribution is 6.88. The van der Waals surface area contributed by atoms with Crippen LogP contribution in [0.25, 0.3) is 43.8 Å². The molecule has 1 spiro atoms. The Morgan fingerprint density at radius 2 is 1.04 bits per heavy atom. The lowest BCUT2D eigenvalue weighted by molar-refractivity contribution is 0.802. The van der Waals surface area contributed by atoms with E-state index in [1.165, 1.54) is 88.2 Å². The Labute approximate surface area is 314 Å². The predicted molar refractivity (Wildman–Crippen MR) is 230 cm³/mol. The van der Waals surface area contributed by atoms with Crippen LogP contribution in [0.5, 0.6) is 0 Å². The number of hydrogen-bond acceptors (Lipinski definition) is 1. The van der Waals surface area contributed by atoms with Gasteiger partial charge in [0.15, 0.2) is 0 Å². The molecule has 1 nitrogen and oxygen atoms in total. The summed E-state index contributed by atoms with van der Waals surface area (Å²) in [6, 6.07) is 62.4. The molecular formula is C51H43NSi. The molecule has 256 valence electrons. The molecule has 0 heterocycles. The molecular weight excluding hydrogens is 655 g/mol. The fourth-order valence-corrected chi connectivity index (χ4v) is 10.5. The molecule has 0 aliphatic heterocycles. The summed E-state index contributed by atoms with van der Waals surface area (Å²) in [6.45, 7) is 11.8. The number of rotatable bonds is 5. The molecule has 0 radical (unpaired) electrons. The number of anilines is 3. The van der Waals surface area contributed by atoms with Crippen LogP contribution in [0.2, 0.25) is 19.6 Å². The zero-order chi connectivity index (χ0) is 36.1. The van der Waals surface area contributed by atoms with Crippen LogP contribution in [0.4, 0.5) is 17.1 Å². The Bertz CT molecular complexity index is 2680. The van der Waals surface area contributed by atoms with E-state index in [0.717, 1.165) is 5.69 Å². The minimum atomic E-state index is -1.45. The summed E-state index contributed by atoms with van der Waals surface area (Å²) in [5.41, 5.74) is 15.3. The second-order valence-corrected chi connectivity index (χ2v) is 21.4. The van der Waals surface area contributed by atoms with Crippen LogP contribution in [0.15, 0.2) is 164 Å². The first kappa shape index (κ1) is 32.0. The summed E-state index contributed by atoms with van der Waals surface area (Å²) in [4.78, 5) is 2.43. The van der Waals surface area contributed by atoms with Crippen molar-refractivity contribution in [2.45, 2.75) is 44.8 Å². The quantitative estimate of drug-likeness (QED) is 0.162. The van der Waals surface area contributed by atoms with Crippen molar-refractivity contribution < 1.29 is 0 Å². The summed E-state index contributed by atoms with van der Waals surface area (Å²) >= 11 is 0. The van der Waals surface area contributed by atoms with Crippen molar-refractivity contribution in [3.8, 4) is 22.3 Å². The van der Waals surface area contributed by atoms with Gasteiger partial charge in [-0.2, -0.15) is 0 Å². The maximum absolute atomic E-state index is 2.52. The van der Waals surface area contributed by atoms with Gasteiger partial charge in [-0.05, 0) is 126 Å². The maximum Gasteiger partial charge on any atom is 0.0775 e. The molecule has 2 aliphatic carbocycles. The lowest BCUT2D eigenvalue weighted by atomic mass is 9.69. The topological polar surface area (TPSA) is 3.24 Å². The molecule has 10 rings (SSSR count). The van der Waals surface area contributed by atoms with Crippen molar-refractivity contribution in [3.63, 3.8) is 0 Å². The van der Waals surface area contributed by atoms with Gasteiger partial charge in [0, 0.05) is 17.1 Å². The second kappa shape index (κ2) is 11.7. The molecule has 2 heteroatoms. The molecule has 0 N–H and O–H groups in total. The van der Waals surface area contributed by atoms with Gasteiger partial charge in [0.25, 0.3) is 0 Å². The van der Waals surface area contributed by atoms with E-state index in [1.54, 1.807) is 0 Å². The highest BCUT2D eigenvalue weighted by atomic mass is 28.3. The fourth-order valence-electron chi connectivity index (χ4n) is 9.35. The van der Waals surface area contributed by atoms with Crippen molar-refractivity contribution in [3.05, 3.63) is 192 Å². The lowest BCUT2D eigenvalue weighted by Crippen LogP contribution is -2.37. The molecule has 53 heavy (non-hydrogen) atoms. The van der Waals surface area contributed by atoms with Gasteiger partial charge in [0.1, 0.15) is 0 Å². The number of benzene rings is 8. The van der Waals surface area contributed by atoms with Crippen molar-refractivity contribution in [1.29, 1.82) is 0 Å². The number of hydrogen-bond donors (Lipinski definition) is 0. The van der Waals surface area contributed by atoms with Crippen LogP contribution in [0.1, 0.15) is 47.6 Å². The third kappa shape index (κ3) is 4.68. The maximum atomic E-state index is 2.52. The lowest BCUT2D eigenvalue weighted by Gasteiger charge is -2.31. The summed E-state index contributed by atoms with van der Waals surface area (Å²) in [7, 11) is -1.45. The molecule has 0 fully saturated rings. The standard InChI is InChI=1S/C51H43NSi/c1-33(2)34-18-22-38(23-19-34)52(39-25-27-41(28-26-39)53(3,4)5)40-24-20-36-31-46-45-29-21-35-12-6-7-13-42(35)50(45)51(49(46)32-37(36)30-40)47-16-10-8-14-43(47)44-15-9-11-17-48(44)51/h6-33H,1-5H3. The van der Waals surface area contributed by atoms with Crippen molar-refractivity contribution in [1.82, 2.24) is 0 Å². The molecule has 0 amide bonds. The van der Waals surface area contributed by atoms with Gasteiger partial charge in [-0.25, -0.2) is 0 Å². The van der Waals surface area contributed by atoms with Crippen LogP contribution < -0.4 is 10.1 Å². The van der Waals surface area contributed by atoms with Crippen LogP contribution >= 0.6 is 0 Å². The van der Waals surface area contributed by atoms with Gasteiger partial charge in [0.2, 0.25) is 0 Å². The number of nitrogens with zero attached hydrogens (tertiary/aromatic N) is 1. The Morgan fingerprint density at radius 3 is 1.70 bits per heavy atom. The minimum Gasteiger partial charge on any atom is -0.310 e. The first-order chi connectivity index (χ1) is 25.7. The van der Waals surface area contributed by atoms with Gasteiger partial charge >= 0.3 is 0 Å². The van der Waals surface area contributed by atoms with Crippen molar-refractivity contribution >= 4 is 51.9 Å². The van der Waals surface area contributed by atoms with E-state index >= 15 is 0 Å². The van der Waals surface area contributed by atoms with E-state index < -0.39 is 13.5 Å². The smallest absolute Gasteiger partial charge is 0.0775 e. The zero-order valence-corrected chi connectivity index (χ0v) is 32.1. The first-order valence-corrected chi connectivity index (χ1v) is 22.5. The highest BCUT2D eigenvalue weighted by Crippen LogP contribution is 2.64. The monoisotopic (exact) mass is 697 g/mol. The summed E-state index contributed by atoms with van der Waals surface area (Å²) in [6.07, 6.45) is 0. The van der Waals surface area contributed by atoms with Crippen LogP contribution in [0, 0.1) is 0 Å². The minimum absolute atomic E-state index is 0.415. The molecule has 0 aromatic heterocycles. The van der Waals surface area contributed by atoms with E-state index in [4.69, 9.17) is 0 Å².